The highest BCUT2D eigenvalue weighted by molar-refractivity contribution is 6.26. The number of hydrogen-bond acceptors (Lipinski definition) is 6. The zero-order valence-corrected chi connectivity index (χ0v) is 21.9. The third-order valence-electron chi connectivity index (χ3n) is 7.42. The molecule has 0 aromatic heterocycles. The van der Waals surface area contributed by atoms with E-state index >= 15 is 0 Å². The molecule has 198 valence electrons. The van der Waals surface area contributed by atoms with Crippen molar-refractivity contribution >= 4 is 34.0 Å². The zero-order valence-electron chi connectivity index (χ0n) is 21.9. The van der Waals surface area contributed by atoms with Crippen LogP contribution >= 0.6 is 0 Å². The number of para-hydroxylation sites is 1. The summed E-state index contributed by atoms with van der Waals surface area (Å²) in [6.07, 6.45) is 1.01. The number of ether oxygens (including phenoxy) is 2. The number of carbonyl (C=O) groups excluding carboxylic acids is 2. The van der Waals surface area contributed by atoms with Gasteiger partial charge in [0, 0.05) is 5.39 Å². The van der Waals surface area contributed by atoms with Gasteiger partial charge in [0.05, 0.1) is 31.1 Å². The van der Waals surface area contributed by atoms with Crippen LogP contribution in [0.3, 0.4) is 0 Å². The molecule has 3 atom stereocenters. The number of hydrogen-bond donors (Lipinski definition) is 0. The molecule has 0 spiro atoms. The first-order chi connectivity index (χ1) is 19.1. The van der Waals surface area contributed by atoms with Gasteiger partial charge in [-0.3, -0.25) is 14.4 Å². The van der Waals surface area contributed by atoms with Gasteiger partial charge in [-0.2, -0.15) is 0 Å². The van der Waals surface area contributed by atoms with E-state index in [-0.39, 0.29) is 11.8 Å². The maximum absolute atomic E-state index is 14.1. The second kappa shape index (κ2) is 10.4. The molecule has 2 amide bonds. The van der Waals surface area contributed by atoms with Crippen molar-refractivity contribution in [3.05, 3.63) is 96.6 Å². The van der Waals surface area contributed by atoms with Crippen LogP contribution in [0, 0.1) is 5.92 Å². The van der Waals surface area contributed by atoms with Crippen molar-refractivity contribution in [2.75, 3.05) is 23.7 Å². The molecule has 7 heteroatoms. The van der Waals surface area contributed by atoms with Crippen molar-refractivity contribution in [2.45, 2.75) is 31.9 Å². The molecule has 6 rings (SSSR count). The summed E-state index contributed by atoms with van der Waals surface area (Å²) >= 11 is 0. The molecule has 0 saturated carbocycles. The molecule has 39 heavy (non-hydrogen) atoms. The summed E-state index contributed by atoms with van der Waals surface area (Å²) in [5.74, 6) is -0.179. The van der Waals surface area contributed by atoms with Crippen molar-refractivity contribution in [3.63, 3.8) is 0 Å². The van der Waals surface area contributed by atoms with Crippen LogP contribution in [0.1, 0.15) is 31.4 Å². The van der Waals surface area contributed by atoms with E-state index < -0.39 is 18.1 Å². The first-order valence-electron chi connectivity index (χ1n) is 13.3. The number of benzene rings is 4. The first-order valence-corrected chi connectivity index (χ1v) is 13.3. The second-order valence-corrected chi connectivity index (χ2v) is 9.78. The van der Waals surface area contributed by atoms with E-state index in [4.69, 9.17) is 14.3 Å². The van der Waals surface area contributed by atoms with E-state index in [0.717, 1.165) is 34.9 Å². The lowest BCUT2D eigenvalue weighted by atomic mass is 9.90. The van der Waals surface area contributed by atoms with Crippen LogP contribution in [0.5, 0.6) is 11.5 Å². The van der Waals surface area contributed by atoms with Gasteiger partial charge in [-0.05, 0) is 47.7 Å². The summed E-state index contributed by atoms with van der Waals surface area (Å²) in [7, 11) is 1.60. The lowest BCUT2D eigenvalue weighted by Gasteiger charge is -2.29. The molecule has 4 aromatic rings. The summed E-state index contributed by atoms with van der Waals surface area (Å²) in [5, 5.41) is 3.49. The normalized spacial score (nSPS) is 20.5. The van der Waals surface area contributed by atoms with Crippen molar-refractivity contribution in [1.29, 1.82) is 0 Å². The van der Waals surface area contributed by atoms with Crippen LogP contribution < -0.4 is 19.4 Å². The van der Waals surface area contributed by atoms with Crippen LogP contribution in [-0.4, -0.2) is 31.6 Å². The Morgan fingerprint density at radius 2 is 1.62 bits per heavy atom. The van der Waals surface area contributed by atoms with Gasteiger partial charge in [0.1, 0.15) is 5.92 Å². The van der Waals surface area contributed by atoms with Gasteiger partial charge in [-0.25, -0.2) is 9.96 Å². The fraction of sp³-hybridized carbons (Fsp3) is 0.250. The largest absolute Gasteiger partial charge is 0.493 e. The van der Waals surface area contributed by atoms with Gasteiger partial charge in [0.2, 0.25) is 5.91 Å². The third-order valence-corrected chi connectivity index (χ3v) is 7.42. The van der Waals surface area contributed by atoms with Crippen molar-refractivity contribution < 1.29 is 23.9 Å². The highest BCUT2D eigenvalue weighted by Crippen LogP contribution is 2.49. The molecule has 0 radical (unpaired) electrons. The van der Waals surface area contributed by atoms with Crippen molar-refractivity contribution in [1.82, 2.24) is 0 Å². The number of carbonyl (C=O) groups is 2. The predicted molar refractivity (Wildman–Crippen MR) is 150 cm³/mol. The van der Waals surface area contributed by atoms with Crippen LogP contribution in [0.25, 0.3) is 10.8 Å². The SMILES string of the molecule is CCCCOc1ccc([C@@H]2[C@H]3C(=O)N(c4cccc5ccccc45)C(=O)[C@@H]3ON2c2ccccc2)cc1OC. The van der Waals surface area contributed by atoms with Crippen LogP contribution in [0.4, 0.5) is 11.4 Å². The molecule has 4 aromatic carbocycles. The Bertz CT molecular complexity index is 1520. The number of nitrogens with zero attached hydrogens (tertiary/aromatic N) is 2. The van der Waals surface area contributed by atoms with Gasteiger partial charge in [-0.1, -0.05) is 74.0 Å². The topological polar surface area (TPSA) is 68.3 Å². The summed E-state index contributed by atoms with van der Waals surface area (Å²) in [6, 6.07) is 28.1. The van der Waals surface area contributed by atoms with Crippen molar-refractivity contribution in [3.8, 4) is 11.5 Å². The van der Waals surface area contributed by atoms with Crippen LogP contribution in [-0.2, 0) is 14.4 Å². The molecular weight excluding hydrogens is 492 g/mol. The Morgan fingerprint density at radius 3 is 2.41 bits per heavy atom. The smallest absolute Gasteiger partial charge is 0.266 e. The quantitative estimate of drug-likeness (QED) is 0.206. The molecule has 2 fully saturated rings. The van der Waals surface area contributed by atoms with E-state index in [9.17, 15) is 9.59 Å². The number of amides is 2. The molecule has 0 aliphatic carbocycles. The number of methoxy groups -OCH3 is 1. The average Bonchev–Trinajstić information content (AvgIpc) is 3.49. The van der Waals surface area contributed by atoms with Gasteiger partial charge in [0.15, 0.2) is 17.6 Å². The minimum atomic E-state index is -0.951. The lowest BCUT2D eigenvalue weighted by Crippen LogP contribution is -2.37. The summed E-state index contributed by atoms with van der Waals surface area (Å²) in [4.78, 5) is 35.6. The van der Waals surface area contributed by atoms with E-state index in [1.165, 1.54) is 4.90 Å². The number of anilines is 2. The average molecular weight is 523 g/mol. The van der Waals surface area contributed by atoms with Crippen LogP contribution in [0.2, 0.25) is 0 Å². The fourth-order valence-electron chi connectivity index (χ4n) is 5.51. The molecular formula is C32H30N2O5. The minimum Gasteiger partial charge on any atom is -0.493 e. The number of fused-ring (bicyclic) bond motifs is 2. The Hall–Kier alpha value is -4.36. The second-order valence-electron chi connectivity index (χ2n) is 9.78. The number of hydroxylamine groups is 1. The Kier molecular flexibility index (Phi) is 6.67. The first kappa shape index (κ1) is 24.9. The third kappa shape index (κ3) is 4.29. The van der Waals surface area contributed by atoms with E-state index in [0.29, 0.717) is 23.8 Å². The van der Waals surface area contributed by atoms with E-state index in [2.05, 4.69) is 6.92 Å². The molecule has 0 unspecified atom stereocenters. The van der Waals surface area contributed by atoms with E-state index in [1.54, 1.807) is 12.2 Å². The number of imide groups is 1. The Balaban J connectivity index is 1.42. The zero-order chi connectivity index (χ0) is 26.9. The number of unbranched alkanes of at least 4 members (excludes halogenated alkanes) is 1. The summed E-state index contributed by atoms with van der Waals surface area (Å²) < 4.78 is 11.6. The maximum atomic E-state index is 14.1. The van der Waals surface area contributed by atoms with Crippen molar-refractivity contribution in [2.24, 2.45) is 5.92 Å². The molecule has 2 heterocycles. The molecule has 0 N–H and O–H groups in total. The summed E-state index contributed by atoms with van der Waals surface area (Å²) in [6.45, 7) is 2.70. The van der Waals surface area contributed by atoms with Gasteiger partial charge < -0.3 is 9.47 Å². The Morgan fingerprint density at radius 1 is 0.846 bits per heavy atom. The number of rotatable bonds is 8. The minimum absolute atomic E-state index is 0.285. The molecule has 0 bridgehead atoms. The highest BCUT2D eigenvalue weighted by Gasteiger charge is 2.60. The maximum Gasteiger partial charge on any atom is 0.266 e. The predicted octanol–water partition coefficient (Wildman–Crippen LogP) is 6.08. The van der Waals surface area contributed by atoms with E-state index in [1.807, 2.05) is 91.0 Å². The highest BCUT2D eigenvalue weighted by atomic mass is 16.7. The summed E-state index contributed by atoms with van der Waals surface area (Å²) in [5.41, 5.74) is 2.13. The van der Waals surface area contributed by atoms with Gasteiger partial charge in [0.25, 0.3) is 5.91 Å². The van der Waals surface area contributed by atoms with Crippen LogP contribution in [0.15, 0.2) is 91.0 Å². The molecule has 2 saturated heterocycles. The van der Waals surface area contributed by atoms with Gasteiger partial charge in [-0.15, -0.1) is 0 Å². The monoisotopic (exact) mass is 522 g/mol. The Labute approximate surface area is 227 Å². The fourth-order valence-corrected chi connectivity index (χ4v) is 5.51. The molecule has 2 aliphatic heterocycles. The standard InChI is InChI=1S/C32H30N2O5/c1-3-4-19-38-26-18-17-22(20-27(26)37-2)29-28-30(39-34(29)23-13-6-5-7-14-23)32(36)33(31(28)35)25-16-10-12-21-11-8-9-15-24(21)25/h5-18,20,28-30H,3-4,19H2,1-2H3/t28-,29-,30-/m1/s1. The molecule has 2 aliphatic rings. The molecule has 7 nitrogen and oxygen atoms in total. The lowest BCUT2D eigenvalue weighted by molar-refractivity contribution is -0.126. The van der Waals surface area contributed by atoms with Gasteiger partial charge >= 0.3 is 0 Å².